The van der Waals surface area contributed by atoms with Gasteiger partial charge in [-0.25, -0.2) is 4.39 Å². The zero-order chi connectivity index (χ0) is 15.3. The standard InChI is InChI=1S/C8H7F9O2/c1-2-4(9)3-5(10,11)19-6(18-4,7(12,13)14)8(15,16)17/h2-3H2,1H3. The fourth-order valence-electron chi connectivity index (χ4n) is 1.46. The van der Waals surface area contributed by atoms with E-state index in [1.807, 2.05) is 0 Å². The van der Waals surface area contributed by atoms with Crippen molar-refractivity contribution in [1.82, 2.24) is 0 Å². The summed E-state index contributed by atoms with van der Waals surface area (Å²) in [7, 11) is 0. The molecule has 0 aromatic carbocycles. The van der Waals surface area contributed by atoms with E-state index in [9.17, 15) is 39.5 Å². The van der Waals surface area contributed by atoms with Crippen molar-refractivity contribution in [3.05, 3.63) is 0 Å². The third kappa shape index (κ3) is 2.76. The van der Waals surface area contributed by atoms with E-state index in [0.717, 1.165) is 6.92 Å². The molecule has 0 aromatic heterocycles. The highest BCUT2D eigenvalue weighted by atomic mass is 19.4. The molecule has 0 saturated carbocycles. The SMILES string of the molecule is CCC1(F)CC(F)(F)OC(C(F)(F)F)(C(F)(F)F)O1. The summed E-state index contributed by atoms with van der Waals surface area (Å²) < 4.78 is 120. The molecule has 0 aromatic rings. The monoisotopic (exact) mass is 306 g/mol. The van der Waals surface area contributed by atoms with Crippen molar-refractivity contribution in [1.29, 1.82) is 0 Å². The zero-order valence-corrected chi connectivity index (χ0v) is 9.13. The normalized spacial score (nSPS) is 31.3. The van der Waals surface area contributed by atoms with Crippen LogP contribution in [0.15, 0.2) is 0 Å². The maximum absolute atomic E-state index is 13.6. The van der Waals surface area contributed by atoms with E-state index in [0.29, 0.717) is 0 Å². The van der Waals surface area contributed by atoms with Gasteiger partial charge in [0, 0.05) is 6.42 Å². The molecule has 114 valence electrons. The Morgan fingerprint density at radius 1 is 0.895 bits per heavy atom. The van der Waals surface area contributed by atoms with Gasteiger partial charge in [-0.3, -0.25) is 9.47 Å². The predicted octanol–water partition coefficient (Wildman–Crippen LogP) is 3.91. The molecule has 0 amide bonds. The number of hydrogen-bond donors (Lipinski definition) is 0. The molecule has 1 heterocycles. The van der Waals surface area contributed by atoms with Crippen LogP contribution in [0.2, 0.25) is 0 Å². The second kappa shape index (κ2) is 4.14. The molecular weight excluding hydrogens is 299 g/mol. The molecule has 0 radical (unpaired) electrons. The van der Waals surface area contributed by atoms with Crippen LogP contribution >= 0.6 is 0 Å². The van der Waals surface area contributed by atoms with Gasteiger partial charge in [0.05, 0.1) is 6.42 Å². The molecule has 1 unspecified atom stereocenters. The first kappa shape index (κ1) is 16.3. The topological polar surface area (TPSA) is 18.5 Å². The van der Waals surface area contributed by atoms with Gasteiger partial charge in [-0.1, -0.05) is 6.92 Å². The smallest absolute Gasteiger partial charge is 0.297 e. The van der Waals surface area contributed by atoms with Crippen LogP contribution in [-0.4, -0.2) is 30.1 Å². The van der Waals surface area contributed by atoms with Crippen molar-refractivity contribution >= 4 is 0 Å². The van der Waals surface area contributed by atoms with Gasteiger partial charge in [-0.05, 0) is 0 Å². The van der Waals surface area contributed by atoms with Crippen molar-refractivity contribution < 1.29 is 49.0 Å². The van der Waals surface area contributed by atoms with Crippen LogP contribution in [0.5, 0.6) is 0 Å². The molecule has 11 heteroatoms. The Labute approximate surface area is 100 Å². The Bertz CT molecular complexity index is 333. The van der Waals surface area contributed by atoms with Gasteiger partial charge in [0.25, 0.3) is 0 Å². The van der Waals surface area contributed by atoms with Gasteiger partial charge < -0.3 is 0 Å². The van der Waals surface area contributed by atoms with E-state index in [-0.39, 0.29) is 0 Å². The molecule has 1 rings (SSSR count). The average molecular weight is 306 g/mol. The van der Waals surface area contributed by atoms with Crippen LogP contribution in [0.1, 0.15) is 19.8 Å². The fourth-order valence-corrected chi connectivity index (χ4v) is 1.46. The molecule has 2 nitrogen and oxygen atoms in total. The Morgan fingerprint density at radius 3 is 1.63 bits per heavy atom. The quantitative estimate of drug-likeness (QED) is 0.684. The van der Waals surface area contributed by atoms with Gasteiger partial charge in [-0.2, -0.15) is 35.1 Å². The van der Waals surface area contributed by atoms with Gasteiger partial charge >= 0.3 is 24.2 Å². The Morgan fingerprint density at radius 2 is 1.32 bits per heavy atom. The van der Waals surface area contributed by atoms with Crippen molar-refractivity contribution in [2.45, 2.75) is 49.9 Å². The Hall–Kier alpha value is -0.710. The molecular formula is C8H7F9O2. The van der Waals surface area contributed by atoms with Gasteiger partial charge in [0.2, 0.25) is 5.85 Å². The van der Waals surface area contributed by atoms with Crippen molar-refractivity contribution in [3.8, 4) is 0 Å². The van der Waals surface area contributed by atoms with E-state index >= 15 is 0 Å². The molecule has 0 N–H and O–H groups in total. The number of halogens is 9. The summed E-state index contributed by atoms with van der Waals surface area (Å²) in [6.45, 7) is 0.763. The van der Waals surface area contributed by atoms with Crippen molar-refractivity contribution in [2.75, 3.05) is 0 Å². The molecule has 19 heavy (non-hydrogen) atoms. The van der Waals surface area contributed by atoms with E-state index in [2.05, 4.69) is 9.47 Å². The Balaban J connectivity index is 3.40. The summed E-state index contributed by atoms with van der Waals surface area (Å²) in [5.41, 5.74) is 0. The minimum absolute atomic E-state index is 0.763. The maximum atomic E-state index is 13.6. The molecule has 1 saturated heterocycles. The van der Waals surface area contributed by atoms with Crippen molar-refractivity contribution in [3.63, 3.8) is 0 Å². The van der Waals surface area contributed by atoms with Crippen LogP contribution < -0.4 is 0 Å². The van der Waals surface area contributed by atoms with Gasteiger partial charge in [0.15, 0.2) is 0 Å². The first-order valence-electron chi connectivity index (χ1n) is 4.79. The molecule has 1 atom stereocenters. The largest absolute Gasteiger partial charge is 0.453 e. The number of rotatable bonds is 1. The lowest BCUT2D eigenvalue weighted by molar-refractivity contribution is -0.567. The molecule has 1 aliphatic rings. The minimum Gasteiger partial charge on any atom is -0.297 e. The summed E-state index contributed by atoms with van der Waals surface area (Å²) >= 11 is 0. The van der Waals surface area contributed by atoms with E-state index in [1.54, 1.807) is 0 Å². The van der Waals surface area contributed by atoms with E-state index < -0.39 is 42.9 Å². The average Bonchev–Trinajstić information content (AvgIpc) is 2.11. The zero-order valence-electron chi connectivity index (χ0n) is 9.13. The van der Waals surface area contributed by atoms with Crippen LogP contribution in [0.4, 0.5) is 39.5 Å². The van der Waals surface area contributed by atoms with Crippen LogP contribution in [0, 0.1) is 0 Å². The fraction of sp³-hybridized carbons (Fsp3) is 1.00. The third-order valence-corrected chi connectivity index (χ3v) is 2.36. The van der Waals surface area contributed by atoms with Crippen molar-refractivity contribution in [2.24, 2.45) is 0 Å². The lowest BCUT2D eigenvalue weighted by Crippen LogP contribution is -2.69. The molecule has 1 fully saturated rings. The number of hydrogen-bond acceptors (Lipinski definition) is 2. The highest BCUT2D eigenvalue weighted by Crippen LogP contribution is 2.56. The second-order valence-corrected chi connectivity index (χ2v) is 3.87. The third-order valence-electron chi connectivity index (χ3n) is 2.36. The highest BCUT2D eigenvalue weighted by Gasteiger charge is 2.81. The minimum atomic E-state index is -6.43. The van der Waals surface area contributed by atoms with Crippen LogP contribution in [0.3, 0.4) is 0 Å². The van der Waals surface area contributed by atoms with Crippen LogP contribution in [-0.2, 0) is 9.47 Å². The summed E-state index contributed by atoms with van der Waals surface area (Å²) in [6.07, 6.45) is -21.0. The summed E-state index contributed by atoms with van der Waals surface area (Å²) in [4.78, 5) is 0. The first-order valence-corrected chi connectivity index (χ1v) is 4.79. The van der Waals surface area contributed by atoms with Crippen LogP contribution in [0.25, 0.3) is 0 Å². The molecule has 1 aliphatic heterocycles. The summed E-state index contributed by atoms with van der Waals surface area (Å²) in [5.74, 6) is -9.51. The first-order chi connectivity index (χ1) is 8.18. The number of ether oxygens (including phenoxy) is 2. The molecule has 0 bridgehead atoms. The Kier molecular flexibility index (Phi) is 3.56. The maximum Gasteiger partial charge on any atom is 0.453 e. The van der Waals surface area contributed by atoms with E-state index in [4.69, 9.17) is 0 Å². The number of alkyl halides is 9. The highest BCUT2D eigenvalue weighted by molar-refractivity contribution is 4.95. The second-order valence-electron chi connectivity index (χ2n) is 3.87. The lowest BCUT2D eigenvalue weighted by Gasteiger charge is -2.47. The lowest BCUT2D eigenvalue weighted by atomic mass is 10.1. The molecule has 0 spiro atoms. The van der Waals surface area contributed by atoms with Gasteiger partial charge in [0.1, 0.15) is 0 Å². The molecule has 0 aliphatic carbocycles. The van der Waals surface area contributed by atoms with Gasteiger partial charge in [-0.15, -0.1) is 0 Å². The predicted molar refractivity (Wildman–Crippen MR) is 40.7 cm³/mol. The van der Waals surface area contributed by atoms with E-state index in [1.165, 1.54) is 0 Å². The summed E-state index contributed by atoms with van der Waals surface area (Å²) in [6, 6.07) is 0. The summed E-state index contributed by atoms with van der Waals surface area (Å²) in [5, 5.41) is 0.